The summed E-state index contributed by atoms with van der Waals surface area (Å²) in [7, 11) is 0. The van der Waals surface area contributed by atoms with Crippen LogP contribution in [0.4, 0.5) is 0 Å². The highest BCUT2D eigenvalue weighted by Crippen LogP contribution is 2.21. The van der Waals surface area contributed by atoms with Crippen molar-refractivity contribution in [1.29, 1.82) is 0 Å². The fourth-order valence-electron chi connectivity index (χ4n) is 1.53. The van der Waals surface area contributed by atoms with Crippen LogP contribution in [0, 0.1) is 0 Å². The van der Waals surface area contributed by atoms with Crippen molar-refractivity contribution in [1.82, 2.24) is 4.57 Å². The first-order valence-electron chi connectivity index (χ1n) is 4.75. The lowest BCUT2D eigenvalue weighted by atomic mass is 10.2. The molecule has 0 aliphatic heterocycles. The summed E-state index contributed by atoms with van der Waals surface area (Å²) in [5.74, 6) is 0. The number of hydrogen-bond acceptors (Lipinski definition) is 1. The van der Waals surface area contributed by atoms with Gasteiger partial charge in [-0.05, 0) is 35.9 Å². The molecule has 0 bridgehead atoms. The van der Waals surface area contributed by atoms with Gasteiger partial charge in [-0.2, -0.15) is 0 Å². The molecular formula is C12H9Cl2NO. The number of rotatable bonds is 3. The van der Waals surface area contributed by atoms with Crippen LogP contribution in [0.15, 0.2) is 36.5 Å². The van der Waals surface area contributed by atoms with E-state index in [1.54, 1.807) is 24.3 Å². The van der Waals surface area contributed by atoms with Gasteiger partial charge in [-0.3, -0.25) is 4.79 Å². The molecule has 0 aliphatic rings. The van der Waals surface area contributed by atoms with Crippen molar-refractivity contribution in [3.05, 3.63) is 57.8 Å². The standard InChI is InChI=1S/C12H9Cl2NO/c13-10-3-4-12(14)9(6-10)7-15-5-1-2-11(15)8-16/h1-6,8H,7H2. The number of halogens is 2. The van der Waals surface area contributed by atoms with Crippen molar-refractivity contribution in [2.24, 2.45) is 0 Å². The number of nitrogens with zero attached hydrogens (tertiary/aromatic N) is 1. The third kappa shape index (κ3) is 2.29. The van der Waals surface area contributed by atoms with E-state index in [1.165, 1.54) is 0 Å². The quantitative estimate of drug-likeness (QED) is 0.766. The predicted octanol–water partition coefficient (Wildman–Crippen LogP) is 3.66. The van der Waals surface area contributed by atoms with Gasteiger partial charge in [0.2, 0.25) is 0 Å². The third-order valence-electron chi connectivity index (χ3n) is 2.33. The number of hydrogen-bond donors (Lipinski definition) is 0. The maximum Gasteiger partial charge on any atom is 0.166 e. The van der Waals surface area contributed by atoms with E-state index in [1.807, 2.05) is 16.8 Å². The molecule has 0 aliphatic carbocycles. The monoisotopic (exact) mass is 253 g/mol. The molecule has 0 N–H and O–H groups in total. The number of aldehydes is 1. The second-order valence-corrected chi connectivity index (χ2v) is 4.26. The average Bonchev–Trinajstić information content (AvgIpc) is 2.71. The molecule has 4 heteroatoms. The van der Waals surface area contributed by atoms with Gasteiger partial charge in [0.1, 0.15) is 0 Å². The van der Waals surface area contributed by atoms with Gasteiger partial charge in [0.05, 0.1) is 5.69 Å². The first-order chi connectivity index (χ1) is 7.70. The second kappa shape index (κ2) is 4.73. The van der Waals surface area contributed by atoms with Crippen LogP contribution in [0.3, 0.4) is 0 Å². The Labute approximate surface area is 103 Å². The molecule has 0 spiro atoms. The Bertz CT molecular complexity index is 519. The minimum atomic E-state index is 0.542. The minimum Gasteiger partial charge on any atom is -0.341 e. The summed E-state index contributed by atoms with van der Waals surface area (Å²) in [4.78, 5) is 10.8. The Morgan fingerprint density at radius 1 is 1.25 bits per heavy atom. The maximum absolute atomic E-state index is 10.8. The van der Waals surface area contributed by atoms with E-state index in [0.717, 1.165) is 11.8 Å². The normalized spacial score (nSPS) is 10.4. The van der Waals surface area contributed by atoms with Crippen LogP contribution in [0.5, 0.6) is 0 Å². The van der Waals surface area contributed by atoms with Crippen LogP contribution in [-0.2, 0) is 6.54 Å². The van der Waals surface area contributed by atoms with Crippen molar-refractivity contribution >= 4 is 29.5 Å². The zero-order valence-corrected chi connectivity index (χ0v) is 9.87. The molecule has 16 heavy (non-hydrogen) atoms. The molecular weight excluding hydrogens is 245 g/mol. The Morgan fingerprint density at radius 2 is 2.06 bits per heavy atom. The number of carbonyl (C=O) groups is 1. The van der Waals surface area contributed by atoms with Crippen LogP contribution in [0.25, 0.3) is 0 Å². The molecule has 82 valence electrons. The zero-order valence-electron chi connectivity index (χ0n) is 8.36. The first kappa shape index (κ1) is 11.2. The molecule has 2 rings (SSSR count). The molecule has 1 aromatic heterocycles. The molecule has 2 aromatic rings. The van der Waals surface area contributed by atoms with E-state index >= 15 is 0 Å². The van der Waals surface area contributed by atoms with E-state index in [4.69, 9.17) is 23.2 Å². The molecule has 0 unspecified atom stereocenters. The molecule has 0 amide bonds. The second-order valence-electron chi connectivity index (χ2n) is 3.41. The van der Waals surface area contributed by atoms with Crippen molar-refractivity contribution in [2.45, 2.75) is 6.54 Å². The molecule has 2 nitrogen and oxygen atoms in total. The van der Waals surface area contributed by atoms with Crippen LogP contribution < -0.4 is 0 Å². The molecule has 1 aromatic carbocycles. The summed E-state index contributed by atoms with van der Waals surface area (Å²) in [6, 6.07) is 8.87. The molecule has 0 atom stereocenters. The van der Waals surface area contributed by atoms with Crippen molar-refractivity contribution in [3.63, 3.8) is 0 Å². The Hall–Kier alpha value is -1.25. The van der Waals surface area contributed by atoms with Gasteiger partial charge in [-0.1, -0.05) is 23.2 Å². The molecule has 0 fully saturated rings. The van der Waals surface area contributed by atoms with Gasteiger partial charge >= 0.3 is 0 Å². The van der Waals surface area contributed by atoms with Crippen molar-refractivity contribution < 1.29 is 4.79 Å². The smallest absolute Gasteiger partial charge is 0.166 e. The summed E-state index contributed by atoms with van der Waals surface area (Å²) in [6.45, 7) is 0.542. The fraction of sp³-hybridized carbons (Fsp3) is 0.0833. The van der Waals surface area contributed by atoms with Crippen LogP contribution in [-0.4, -0.2) is 10.9 Å². The number of carbonyl (C=O) groups excluding carboxylic acids is 1. The zero-order chi connectivity index (χ0) is 11.5. The third-order valence-corrected chi connectivity index (χ3v) is 2.94. The highest BCUT2D eigenvalue weighted by molar-refractivity contribution is 6.33. The van der Waals surface area contributed by atoms with E-state index < -0.39 is 0 Å². The summed E-state index contributed by atoms with van der Waals surface area (Å²) >= 11 is 11.9. The van der Waals surface area contributed by atoms with Gasteiger partial charge in [-0.15, -0.1) is 0 Å². The average molecular weight is 254 g/mol. The summed E-state index contributed by atoms with van der Waals surface area (Å²) < 4.78 is 1.82. The minimum absolute atomic E-state index is 0.542. The topological polar surface area (TPSA) is 22.0 Å². The van der Waals surface area contributed by atoms with Gasteiger partial charge in [0.25, 0.3) is 0 Å². The van der Waals surface area contributed by atoms with Gasteiger partial charge in [-0.25, -0.2) is 0 Å². The van der Waals surface area contributed by atoms with Gasteiger partial charge in [0, 0.05) is 22.8 Å². The summed E-state index contributed by atoms with van der Waals surface area (Å²) in [6.07, 6.45) is 2.65. The Morgan fingerprint density at radius 3 is 2.81 bits per heavy atom. The van der Waals surface area contributed by atoms with E-state index in [9.17, 15) is 4.79 Å². The molecule has 0 radical (unpaired) electrons. The van der Waals surface area contributed by atoms with Gasteiger partial charge < -0.3 is 4.57 Å². The summed E-state index contributed by atoms with van der Waals surface area (Å²) in [5.41, 5.74) is 1.52. The Balaban J connectivity index is 2.33. The SMILES string of the molecule is O=Cc1cccn1Cc1cc(Cl)ccc1Cl. The highest BCUT2D eigenvalue weighted by Gasteiger charge is 2.04. The predicted molar refractivity (Wildman–Crippen MR) is 65.4 cm³/mol. The van der Waals surface area contributed by atoms with Crippen LogP contribution >= 0.6 is 23.2 Å². The van der Waals surface area contributed by atoms with Gasteiger partial charge in [0.15, 0.2) is 6.29 Å². The van der Waals surface area contributed by atoms with Crippen molar-refractivity contribution in [3.8, 4) is 0 Å². The van der Waals surface area contributed by atoms with E-state index in [2.05, 4.69) is 0 Å². The van der Waals surface area contributed by atoms with Crippen LogP contribution in [0.2, 0.25) is 10.0 Å². The first-order valence-corrected chi connectivity index (χ1v) is 5.50. The number of benzene rings is 1. The Kier molecular flexibility index (Phi) is 3.32. The fourth-order valence-corrected chi connectivity index (χ4v) is 1.90. The highest BCUT2D eigenvalue weighted by atomic mass is 35.5. The van der Waals surface area contributed by atoms with E-state index in [-0.39, 0.29) is 0 Å². The summed E-state index contributed by atoms with van der Waals surface area (Å²) in [5, 5.41) is 1.29. The van der Waals surface area contributed by atoms with E-state index in [0.29, 0.717) is 22.3 Å². The lowest BCUT2D eigenvalue weighted by Gasteiger charge is -2.07. The number of aromatic nitrogens is 1. The van der Waals surface area contributed by atoms with Crippen LogP contribution in [0.1, 0.15) is 16.1 Å². The largest absolute Gasteiger partial charge is 0.341 e. The molecule has 0 saturated heterocycles. The molecule has 1 heterocycles. The lowest BCUT2D eigenvalue weighted by molar-refractivity contribution is 0.111. The lowest BCUT2D eigenvalue weighted by Crippen LogP contribution is -2.02. The molecule has 0 saturated carbocycles. The maximum atomic E-state index is 10.8. The van der Waals surface area contributed by atoms with Crippen molar-refractivity contribution in [2.75, 3.05) is 0 Å².